The summed E-state index contributed by atoms with van der Waals surface area (Å²) in [5, 5.41) is 13.0. The largest absolute Gasteiger partial charge is 0.381 e. The molecule has 1 fully saturated rings. The summed E-state index contributed by atoms with van der Waals surface area (Å²) in [7, 11) is 2.06. The quantitative estimate of drug-likeness (QED) is 0.626. The fourth-order valence-electron chi connectivity index (χ4n) is 2.22. The predicted octanol–water partition coefficient (Wildman–Crippen LogP) is 1.41. The molecule has 102 valence electrons. The smallest absolute Gasteiger partial charge is 0.191 e. The number of nitrogens with one attached hydrogen (secondary N) is 1. The molecule has 1 unspecified atom stereocenters. The Kier molecular flexibility index (Phi) is 5.46. The Morgan fingerprint density at radius 1 is 1.50 bits per heavy atom. The second-order valence-corrected chi connectivity index (χ2v) is 5.55. The van der Waals surface area contributed by atoms with Gasteiger partial charge in [-0.05, 0) is 26.3 Å². The molecule has 0 aromatic carbocycles. The van der Waals surface area contributed by atoms with E-state index in [0.717, 1.165) is 43.0 Å². The zero-order valence-electron chi connectivity index (χ0n) is 11.2. The highest BCUT2D eigenvalue weighted by Gasteiger charge is 2.21. The first kappa shape index (κ1) is 13.8. The van der Waals surface area contributed by atoms with Gasteiger partial charge in [-0.3, -0.25) is 0 Å². The molecule has 1 aromatic rings. The van der Waals surface area contributed by atoms with Crippen LogP contribution in [0.3, 0.4) is 0 Å². The van der Waals surface area contributed by atoms with Crippen molar-refractivity contribution in [3.05, 3.63) is 5.82 Å². The van der Waals surface area contributed by atoms with E-state index in [1.165, 1.54) is 12.8 Å². The molecule has 1 saturated heterocycles. The second-order valence-electron chi connectivity index (χ2n) is 4.49. The Balaban J connectivity index is 1.90. The lowest BCUT2D eigenvalue weighted by atomic mass is 9.99. The van der Waals surface area contributed by atoms with Crippen molar-refractivity contribution in [3.8, 4) is 0 Å². The van der Waals surface area contributed by atoms with Crippen molar-refractivity contribution in [2.24, 2.45) is 7.05 Å². The van der Waals surface area contributed by atoms with E-state index < -0.39 is 0 Å². The zero-order chi connectivity index (χ0) is 12.8. The fraction of sp³-hybridized carbons (Fsp3) is 0.833. The highest BCUT2D eigenvalue weighted by Crippen LogP contribution is 2.24. The molecule has 1 atom stereocenters. The molecular formula is C12H22N4OS. The summed E-state index contributed by atoms with van der Waals surface area (Å²) in [6, 6.07) is 0. The van der Waals surface area contributed by atoms with E-state index in [0.29, 0.717) is 5.92 Å². The van der Waals surface area contributed by atoms with Crippen molar-refractivity contribution in [2.45, 2.75) is 30.8 Å². The maximum absolute atomic E-state index is 5.33. The van der Waals surface area contributed by atoms with Crippen LogP contribution in [0.2, 0.25) is 0 Å². The topological polar surface area (TPSA) is 52.0 Å². The fourth-order valence-corrected chi connectivity index (χ4v) is 2.99. The van der Waals surface area contributed by atoms with Crippen LogP contribution < -0.4 is 5.32 Å². The van der Waals surface area contributed by atoms with Gasteiger partial charge in [0.25, 0.3) is 0 Å². The maximum atomic E-state index is 5.33. The first-order valence-corrected chi connectivity index (χ1v) is 7.62. The van der Waals surface area contributed by atoms with Gasteiger partial charge in [-0.25, -0.2) is 0 Å². The van der Waals surface area contributed by atoms with Crippen LogP contribution in [-0.2, 0) is 11.8 Å². The average Bonchev–Trinajstić information content (AvgIpc) is 2.77. The number of hydrogen-bond acceptors (Lipinski definition) is 5. The summed E-state index contributed by atoms with van der Waals surface area (Å²) in [6.07, 6.45) is 2.44. The van der Waals surface area contributed by atoms with Crippen LogP contribution in [0.5, 0.6) is 0 Å². The molecule has 2 rings (SSSR count). The molecule has 0 saturated carbocycles. The van der Waals surface area contributed by atoms with Crippen LogP contribution in [0.4, 0.5) is 0 Å². The molecule has 1 N–H and O–H groups in total. The Morgan fingerprint density at radius 3 is 3.11 bits per heavy atom. The number of piperidine rings is 1. The molecule has 1 aliphatic heterocycles. The highest BCUT2D eigenvalue weighted by molar-refractivity contribution is 7.99. The van der Waals surface area contributed by atoms with E-state index in [-0.39, 0.29) is 0 Å². The van der Waals surface area contributed by atoms with Crippen molar-refractivity contribution in [1.82, 2.24) is 20.1 Å². The summed E-state index contributed by atoms with van der Waals surface area (Å²) in [4.78, 5) is 0. The summed E-state index contributed by atoms with van der Waals surface area (Å²) < 4.78 is 7.46. The summed E-state index contributed by atoms with van der Waals surface area (Å²) in [6.45, 7) is 5.72. The Labute approximate surface area is 113 Å². The predicted molar refractivity (Wildman–Crippen MR) is 73.1 cm³/mol. The van der Waals surface area contributed by atoms with E-state index >= 15 is 0 Å². The van der Waals surface area contributed by atoms with Crippen molar-refractivity contribution in [1.29, 1.82) is 0 Å². The normalized spacial score (nSPS) is 20.2. The number of thioether (sulfide) groups is 1. The van der Waals surface area contributed by atoms with Gasteiger partial charge in [-0.2, -0.15) is 0 Å². The summed E-state index contributed by atoms with van der Waals surface area (Å²) in [5.41, 5.74) is 0. The van der Waals surface area contributed by atoms with Crippen molar-refractivity contribution in [3.63, 3.8) is 0 Å². The van der Waals surface area contributed by atoms with Gasteiger partial charge in [0.05, 0.1) is 6.61 Å². The monoisotopic (exact) mass is 270 g/mol. The molecule has 0 radical (unpaired) electrons. The molecule has 2 heterocycles. The van der Waals surface area contributed by atoms with Gasteiger partial charge < -0.3 is 14.6 Å². The Bertz CT molecular complexity index is 363. The second kappa shape index (κ2) is 7.11. The Morgan fingerprint density at radius 2 is 2.39 bits per heavy atom. The molecule has 5 nitrogen and oxygen atoms in total. The van der Waals surface area contributed by atoms with Gasteiger partial charge in [-0.15, -0.1) is 10.2 Å². The van der Waals surface area contributed by atoms with Crippen LogP contribution in [-0.4, -0.2) is 46.8 Å². The lowest BCUT2D eigenvalue weighted by Crippen LogP contribution is -2.29. The first-order valence-electron chi connectivity index (χ1n) is 6.63. The molecule has 0 spiro atoms. The van der Waals surface area contributed by atoms with Crippen molar-refractivity contribution in [2.75, 3.05) is 32.1 Å². The van der Waals surface area contributed by atoms with E-state index in [9.17, 15) is 0 Å². The highest BCUT2D eigenvalue weighted by atomic mass is 32.2. The van der Waals surface area contributed by atoms with Gasteiger partial charge in [0, 0.05) is 31.9 Å². The Hall–Kier alpha value is -0.590. The van der Waals surface area contributed by atoms with Crippen molar-refractivity contribution < 1.29 is 4.74 Å². The molecule has 1 aliphatic rings. The minimum Gasteiger partial charge on any atom is -0.381 e. The van der Waals surface area contributed by atoms with E-state index in [2.05, 4.69) is 27.1 Å². The van der Waals surface area contributed by atoms with E-state index in [1.54, 1.807) is 11.8 Å². The molecular weight excluding hydrogens is 248 g/mol. The lowest BCUT2D eigenvalue weighted by Gasteiger charge is -2.21. The molecule has 0 aliphatic carbocycles. The third kappa shape index (κ3) is 3.46. The van der Waals surface area contributed by atoms with Crippen LogP contribution >= 0.6 is 11.8 Å². The van der Waals surface area contributed by atoms with Crippen LogP contribution in [0, 0.1) is 0 Å². The van der Waals surface area contributed by atoms with E-state index in [1.807, 2.05) is 6.92 Å². The molecule has 1 aromatic heterocycles. The number of nitrogens with zero attached hydrogens (tertiary/aromatic N) is 3. The third-order valence-corrected chi connectivity index (χ3v) is 4.18. The van der Waals surface area contributed by atoms with Gasteiger partial charge in [-0.1, -0.05) is 11.8 Å². The number of rotatable bonds is 6. The molecule has 6 heteroatoms. The zero-order valence-corrected chi connectivity index (χ0v) is 12.0. The minimum atomic E-state index is 0.512. The summed E-state index contributed by atoms with van der Waals surface area (Å²) in [5.74, 6) is 2.56. The maximum Gasteiger partial charge on any atom is 0.191 e. The minimum absolute atomic E-state index is 0.512. The average molecular weight is 270 g/mol. The molecule has 18 heavy (non-hydrogen) atoms. The van der Waals surface area contributed by atoms with Gasteiger partial charge in [0.2, 0.25) is 0 Å². The summed E-state index contributed by atoms with van der Waals surface area (Å²) >= 11 is 1.72. The van der Waals surface area contributed by atoms with Crippen LogP contribution in [0.25, 0.3) is 0 Å². The lowest BCUT2D eigenvalue weighted by molar-refractivity contribution is 0.164. The standard InChI is InChI=1S/C12H22N4OS/c1-3-17-7-8-18-12-15-14-11(16(12)2)10-5-4-6-13-9-10/h10,13H,3-9H2,1-2H3. The third-order valence-electron chi connectivity index (χ3n) is 3.19. The van der Waals surface area contributed by atoms with Gasteiger partial charge in [0.1, 0.15) is 5.82 Å². The van der Waals surface area contributed by atoms with E-state index in [4.69, 9.17) is 4.74 Å². The van der Waals surface area contributed by atoms with Gasteiger partial charge >= 0.3 is 0 Å². The van der Waals surface area contributed by atoms with Crippen molar-refractivity contribution >= 4 is 11.8 Å². The van der Waals surface area contributed by atoms with Crippen LogP contribution in [0.1, 0.15) is 31.5 Å². The number of ether oxygens (including phenoxy) is 1. The number of aromatic nitrogens is 3. The first-order chi connectivity index (χ1) is 8.83. The SMILES string of the molecule is CCOCCSc1nnc(C2CCCNC2)n1C. The molecule has 0 bridgehead atoms. The molecule has 0 amide bonds. The van der Waals surface area contributed by atoms with Crippen LogP contribution in [0.15, 0.2) is 5.16 Å². The van der Waals surface area contributed by atoms with Gasteiger partial charge in [0.15, 0.2) is 5.16 Å². The number of hydrogen-bond donors (Lipinski definition) is 1.